The minimum absolute atomic E-state index is 0.109. The number of hydrogen-bond donors (Lipinski definition) is 1. The zero-order chi connectivity index (χ0) is 17.9. The second-order valence-corrected chi connectivity index (χ2v) is 6.48. The SMILES string of the molecule is O=c1[nH]c(-c2ccccc2)cc(-c2ccc(Cl)cc2)c1-c1ccccc1. The van der Waals surface area contributed by atoms with E-state index in [0.29, 0.717) is 10.6 Å². The smallest absolute Gasteiger partial charge is 0.256 e. The van der Waals surface area contributed by atoms with Crippen LogP contribution < -0.4 is 5.56 Å². The second kappa shape index (κ2) is 7.03. The molecule has 0 amide bonds. The highest BCUT2D eigenvalue weighted by molar-refractivity contribution is 6.30. The van der Waals surface area contributed by atoms with Crippen molar-refractivity contribution < 1.29 is 0 Å². The molecule has 0 aliphatic rings. The quantitative estimate of drug-likeness (QED) is 0.477. The Kier molecular flexibility index (Phi) is 4.42. The number of aromatic nitrogens is 1. The Morgan fingerprint density at radius 2 is 1.23 bits per heavy atom. The van der Waals surface area contributed by atoms with Gasteiger partial charge in [-0.25, -0.2) is 0 Å². The summed E-state index contributed by atoms with van der Waals surface area (Å²) < 4.78 is 0. The fraction of sp³-hybridized carbons (Fsp3) is 0. The van der Waals surface area contributed by atoms with Crippen molar-refractivity contribution in [2.24, 2.45) is 0 Å². The van der Waals surface area contributed by atoms with Crippen LogP contribution in [0.25, 0.3) is 33.5 Å². The molecular weight excluding hydrogens is 342 g/mol. The highest BCUT2D eigenvalue weighted by atomic mass is 35.5. The summed E-state index contributed by atoms with van der Waals surface area (Å²) >= 11 is 6.05. The van der Waals surface area contributed by atoms with Gasteiger partial charge in [-0.2, -0.15) is 0 Å². The zero-order valence-corrected chi connectivity index (χ0v) is 14.7. The molecule has 2 nitrogen and oxygen atoms in total. The molecule has 1 heterocycles. The number of benzene rings is 3. The van der Waals surface area contributed by atoms with Gasteiger partial charge in [-0.05, 0) is 40.5 Å². The summed E-state index contributed by atoms with van der Waals surface area (Å²) in [6.07, 6.45) is 0. The molecule has 3 heteroatoms. The molecular formula is C23H16ClNO. The minimum Gasteiger partial charge on any atom is -0.321 e. The summed E-state index contributed by atoms with van der Waals surface area (Å²) in [5.41, 5.74) is 5.04. The minimum atomic E-state index is -0.109. The van der Waals surface area contributed by atoms with Crippen molar-refractivity contribution in [3.8, 4) is 33.5 Å². The Morgan fingerprint density at radius 3 is 1.85 bits per heavy atom. The van der Waals surface area contributed by atoms with E-state index in [2.05, 4.69) is 4.98 Å². The summed E-state index contributed by atoms with van der Waals surface area (Å²) in [6, 6.07) is 29.2. The van der Waals surface area contributed by atoms with Crippen LogP contribution in [-0.2, 0) is 0 Å². The zero-order valence-electron chi connectivity index (χ0n) is 13.9. The average molecular weight is 358 g/mol. The molecule has 3 aromatic carbocycles. The van der Waals surface area contributed by atoms with Crippen LogP contribution in [0.3, 0.4) is 0 Å². The number of pyridine rings is 1. The first-order chi connectivity index (χ1) is 12.7. The summed E-state index contributed by atoms with van der Waals surface area (Å²) in [7, 11) is 0. The van der Waals surface area contributed by atoms with Crippen LogP contribution in [-0.4, -0.2) is 4.98 Å². The molecule has 1 N–H and O–H groups in total. The summed E-state index contributed by atoms with van der Waals surface area (Å²) in [5.74, 6) is 0. The molecule has 4 rings (SSSR count). The van der Waals surface area contributed by atoms with Crippen LogP contribution >= 0.6 is 11.6 Å². The highest BCUT2D eigenvalue weighted by Crippen LogP contribution is 2.32. The Balaban J connectivity index is 2.00. The molecule has 0 saturated heterocycles. The maximum absolute atomic E-state index is 13.0. The van der Waals surface area contributed by atoms with Crippen molar-refractivity contribution in [3.05, 3.63) is 106 Å². The van der Waals surface area contributed by atoms with E-state index in [9.17, 15) is 4.79 Å². The Bertz CT molecular complexity index is 1080. The number of halogens is 1. The van der Waals surface area contributed by atoms with Gasteiger partial charge in [0.2, 0.25) is 0 Å². The molecule has 0 fully saturated rings. The van der Waals surface area contributed by atoms with Crippen molar-refractivity contribution in [2.45, 2.75) is 0 Å². The van der Waals surface area contributed by atoms with Gasteiger partial charge in [0.1, 0.15) is 0 Å². The predicted molar refractivity (Wildman–Crippen MR) is 108 cm³/mol. The normalized spacial score (nSPS) is 10.7. The van der Waals surface area contributed by atoms with Gasteiger partial charge in [0.15, 0.2) is 0 Å². The molecule has 0 bridgehead atoms. The van der Waals surface area contributed by atoms with E-state index in [1.807, 2.05) is 91.0 Å². The maximum atomic E-state index is 13.0. The van der Waals surface area contributed by atoms with Crippen molar-refractivity contribution in [2.75, 3.05) is 0 Å². The average Bonchev–Trinajstić information content (AvgIpc) is 2.69. The second-order valence-electron chi connectivity index (χ2n) is 6.04. The number of H-pyrrole nitrogens is 1. The molecule has 4 aromatic rings. The van der Waals surface area contributed by atoms with Crippen LogP contribution in [0.4, 0.5) is 0 Å². The van der Waals surface area contributed by atoms with Gasteiger partial charge in [0.25, 0.3) is 5.56 Å². The summed E-state index contributed by atoms with van der Waals surface area (Å²) in [5, 5.41) is 0.670. The van der Waals surface area contributed by atoms with E-state index in [0.717, 1.165) is 27.9 Å². The van der Waals surface area contributed by atoms with E-state index in [4.69, 9.17) is 11.6 Å². The van der Waals surface area contributed by atoms with Crippen LogP contribution in [0.5, 0.6) is 0 Å². The Morgan fingerprint density at radius 1 is 0.654 bits per heavy atom. The first-order valence-electron chi connectivity index (χ1n) is 8.36. The third-order valence-corrected chi connectivity index (χ3v) is 4.59. The lowest BCUT2D eigenvalue weighted by Gasteiger charge is -2.12. The van der Waals surface area contributed by atoms with Crippen molar-refractivity contribution in [1.29, 1.82) is 0 Å². The standard InChI is InChI=1S/C23H16ClNO/c24-19-13-11-16(12-14-19)20-15-21(17-7-3-1-4-8-17)25-23(26)22(20)18-9-5-2-6-10-18/h1-15H,(H,25,26). The summed E-state index contributed by atoms with van der Waals surface area (Å²) in [6.45, 7) is 0. The Hall–Kier alpha value is -3.10. The van der Waals surface area contributed by atoms with Gasteiger partial charge in [-0.3, -0.25) is 4.79 Å². The fourth-order valence-electron chi connectivity index (χ4n) is 3.08. The first kappa shape index (κ1) is 16.4. The van der Waals surface area contributed by atoms with Crippen molar-refractivity contribution >= 4 is 11.6 Å². The van der Waals surface area contributed by atoms with E-state index in [1.54, 1.807) is 0 Å². The molecule has 0 atom stereocenters. The number of aromatic amines is 1. The van der Waals surface area contributed by atoms with Gasteiger partial charge in [0.05, 0.1) is 5.56 Å². The van der Waals surface area contributed by atoms with E-state index < -0.39 is 0 Å². The molecule has 1 aromatic heterocycles. The number of rotatable bonds is 3. The topological polar surface area (TPSA) is 32.9 Å². The van der Waals surface area contributed by atoms with E-state index in [1.165, 1.54) is 0 Å². The third-order valence-electron chi connectivity index (χ3n) is 4.34. The molecule has 0 saturated carbocycles. The van der Waals surface area contributed by atoms with Crippen LogP contribution in [0.2, 0.25) is 5.02 Å². The maximum Gasteiger partial charge on any atom is 0.256 e. The molecule has 0 radical (unpaired) electrons. The monoisotopic (exact) mass is 357 g/mol. The van der Waals surface area contributed by atoms with Gasteiger partial charge in [-0.15, -0.1) is 0 Å². The van der Waals surface area contributed by atoms with Crippen LogP contribution in [0.15, 0.2) is 95.8 Å². The molecule has 26 heavy (non-hydrogen) atoms. The summed E-state index contributed by atoms with van der Waals surface area (Å²) in [4.78, 5) is 16.0. The van der Waals surface area contributed by atoms with Gasteiger partial charge >= 0.3 is 0 Å². The Labute approximate surface area is 156 Å². The van der Waals surface area contributed by atoms with Gasteiger partial charge in [-0.1, -0.05) is 84.4 Å². The molecule has 0 aliphatic heterocycles. The number of nitrogens with one attached hydrogen (secondary N) is 1. The van der Waals surface area contributed by atoms with Crippen LogP contribution in [0.1, 0.15) is 0 Å². The third kappa shape index (κ3) is 3.19. The first-order valence-corrected chi connectivity index (χ1v) is 8.74. The van der Waals surface area contributed by atoms with Crippen molar-refractivity contribution in [1.82, 2.24) is 4.98 Å². The molecule has 0 spiro atoms. The molecule has 0 unspecified atom stereocenters. The predicted octanol–water partition coefficient (Wildman–Crippen LogP) is 6.03. The van der Waals surface area contributed by atoms with Gasteiger partial charge in [0, 0.05) is 10.7 Å². The van der Waals surface area contributed by atoms with Crippen molar-refractivity contribution in [3.63, 3.8) is 0 Å². The lowest BCUT2D eigenvalue weighted by molar-refractivity contribution is 1.24. The highest BCUT2D eigenvalue weighted by Gasteiger charge is 2.14. The molecule has 126 valence electrons. The largest absolute Gasteiger partial charge is 0.321 e. The van der Waals surface area contributed by atoms with E-state index >= 15 is 0 Å². The molecule has 0 aliphatic carbocycles. The van der Waals surface area contributed by atoms with Crippen LogP contribution in [0, 0.1) is 0 Å². The lowest BCUT2D eigenvalue weighted by atomic mass is 9.94. The lowest BCUT2D eigenvalue weighted by Crippen LogP contribution is -2.11. The number of hydrogen-bond acceptors (Lipinski definition) is 1. The fourth-order valence-corrected chi connectivity index (χ4v) is 3.21. The van der Waals surface area contributed by atoms with Gasteiger partial charge < -0.3 is 4.98 Å². The van der Waals surface area contributed by atoms with E-state index in [-0.39, 0.29) is 5.56 Å².